The number of carbonyl (C=O) groups is 1. The maximum Gasteiger partial charge on any atom is 0.416 e. The predicted octanol–water partition coefficient (Wildman–Crippen LogP) is 5.05. The van der Waals surface area contributed by atoms with E-state index in [0.717, 1.165) is 5.56 Å². The summed E-state index contributed by atoms with van der Waals surface area (Å²) in [7, 11) is 1.76. The molecule has 0 saturated carbocycles. The number of nitrogens with one attached hydrogen (secondary N) is 1. The fraction of sp³-hybridized carbons (Fsp3) is 0.143. The van der Waals surface area contributed by atoms with Gasteiger partial charge < -0.3 is 15.1 Å². The highest BCUT2D eigenvalue weighted by molar-refractivity contribution is 5.99. The van der Waals surface area contributed by atoms with Gasteiger partial charge in [0.05, 0.1) is 28.8 Å². The second kappa shape index (κ2) is 8.00. The van der Waals surface area contributed by atoms with Crippen LogP contribution in [0, 0.1) is 5.82 Å². The molecule has 1 atom stereocenters. The summed E-state index contributed by atoms with van der Waals surface area (Å²) in [5.41, 5.74) is 5.23. The van der Waals surface area contributed by atoms with E-state index in [0.29, 0.717) is 34.7 Å². The van der Waals surface area contributed by atoms with Gasteiger partial charge in [-0.3, -0.25) is 10.2 Å². The van der Waals surface area contributed by atoms with E-state index in [4.69, 9.17) is 10.2 Å². The van der Waals surface area contributed by atoms with Crippen molar-refractivity contribution >= 4 is 35.3 Å². The molecule has 32 heavy (non-hydrogen) atoms. The van der Waals surface area contributed by atoms with Crippen molar-refractivity contribution in [1.29, 1.82) is 0 Å². The number of hydrogen-bond donors (Lipinski definition) is 2. The molecule has 1 aliphatic rings. The molecule has 2 amide bonds. The summed E-state index contributed by atoms with van der Waals surface area (Å²) >= 11 is 0. The van der Waals surface area contributed by atoms with E-state index in [2.05, 4.69) is 10.3 Å². The first-order valence-electron chi connectivity index (χ1n) is 9.34. The Labute approximate surface area is 179 Å². The number of benzene rings is 2. The average molecular weight is 447 g/mol. The van der Waals surface area contributed by atoms with Crippen molar-refractivity contribution in [2.45, 2.75) is 12.3 Å². The maximum absolute atomic E-state index is 14.4. The van der Waals surface area contributed by atoms with Gasteiger partial charge in [0.25, 0.3) is 0 Å². The zero-order valence-electron chi connectivity index (χ0n) is 16.6. The van der Waals surface area contributed by atoms with Gasteiger partial charge >= 0.3 is 12.2 Å². The van der Waals surface area contributed by atoms with Gasteiger partial charge in [-0.25, -0.2) is 14.2 Å². The third kappa shape index (κ3) is 3.78. The molecule has 166 valence electrons. The highest BCUT2D eigenvalue weighted by Gasteiger charge is 2.33. The number of anilines is 3. The smallest absolute Gasteiger partial charge is 0.416 e. The van der Waals surface area contributed by atoms with Crippen LogP contribution >= 0.6 is 0 Å². The van der Waals surface area contributed by atoms with Crippen LogP contribution in [0.3, 0.4) is 0 Å². The Morgan fingerprint density at radius 2 is 1.91 bits per heavy atom. The highest BCUT2D eigenvalue weighted by Crippen LogP contribution is 2.38. The fourth-order valence-corrected chi connectivity index (χ4v) is 3.48. The molecule has 1 aromatic heterocycles. The minimum Gasteiger partial charge on any atom is -0.446 e. The number of amides is 2. The molecular formula is C21H17F4N5O2. The number of nitrogens with zero attached hydrogens (tertiary/aromatic N) is 3. The molecule has 0 radical (unpaired) electrons. The largest absolute Gasteiger partial charge is 0.446 e. The number of halogens is 4. The molecule has 7 nitrogen and oxygen atoms in total. The second-order valence-electron chi connectivity index (χ2n) is 6.88. The van der Waals surface area contributed by atoms with Gasteiger partial charge in [-0.15, -0.1) is 0 Å². The van der Waals surface area contributed by atoms with E-state index in [1.54, 1.807) is 36.5 Å². The van der Waals surface area contributed by atoms with Gasteiger partial charge in [-0.2, -0.15) is 13.2 Å². The third-order valence-electron chi connectivity index (χ3n) is 4.96. The van der Waals surface area contributed by atoms with Crippen molar-refractivity contribution in [3.8, 4) is 0 Å². The Balaban J connectivity index is 1.69. The molecule has 0 aliphatic carbocycles. The minimum absolute atomic E-state index is 0.0958. The van der Waals surface area contributed by atoms with Gasteiger partial charge in [-0.05, 0) is 55.6 Å². The summed E-state index contributed by atoms with van der Waals surface area (Å²) in [6.45, 7) is 0. The van der Waals surface area contributed by atoms with Crippen molar-refractivity contribution in [3.63, 3.8) is 0 Å². The molecule has 2 heterocycles. The van der Waals surface area contributed by atoms with Crippen molar-refractivity contribution in [3.05, 3.63) is 71.7 Å². The first kappa shape index (κ1) is 21.4. The number of hydrogen-bond acceptors (Lipinski definition) is 5. The summed E-state index contributed by atoms with van der Waals surface area (Å²) in [6.07, 6.45) is -1.93. The topological polar surface area (TPSA) is 87.1 Å². The molecule has 11 heteroatoms. The molecular weight excluding hydrogens is 430 g/mol. The number of carbonyl (C=O) groups excluding carboxylic acids is 1. The van der Waals surface area contributed by atoms with Gasteiger partial charge in [0.15, 0.2) is 0 Å². The summed E-state index contributed by atoms with van der Waals surface area (Å²) in [5.74, 6) is -0.552. The number of rotatable bonds is 4. The minimum atomic E-state index is -4.71. The Bertz CT molecular complexity index is 1170. The summed E-state index contributed by atoms with van der Waals surface area (Å²) < 4.78 is 58.9. The Kier molecular flexibility index (Phi) is 5.35. The Hall–Kier alpha value is -3.86. The maximum atomic E-state index is 14.4. The van der Waals surface area contributed by atoms with E-state index >= 15 is 0 Å². The van der Waals surface area contributed by atoms with Crippen LogP contribution in [0.2, 0.25) is 0 Å². The lowest BCUT2D eigenvalue weighted by Crippen LogP contribution is -2.37. The van der Waals surface area contributed by atoms with Gasteiger partial charge in [0.1, 0.15) is 18.3 Å². The van der Waals surface area contributed by atoms with E-state index in [1.165, 1.54) is 18.4 Å². The number of alkyl halides is 3. The summed E-state index contributed by atoms with van der Waals surface area (Å²) in [4.78, 5) is 18.8. The molecule has 4 rings (SSSR count). The summed E-state index contributed by atoms with van der Waals surface area (Å²) in [6, 6.07) is 8.55. The number of furan rings is 1. The van der Waals surface area contributed by atoms with Crippen molar-refractivity contribution < 1.29 is 26.8 Å². The first-order chi connectivity index (χ1) is 15.2. The zero-order chi connectivity index (χ0) is 23.0. The SMILES string of the molecule is CNC1c2ccoc2N=CN1c1ccc(N(C(N)=O)c2cc(C(F)(F)F)ccc2F)cc1. The number of fused-ring (bicyclic) bond motifs is 1. The van der Waals surface area contributed by atoms with Crippen molar-refractivity contribution in [1.82, 2.24) is 5.32 Å². The standard InChI is InChI=1S/C21H17F4N5O2/c1-27-18-15-8-9-32-19(15)28-11-29(18)13-3-5-14(6-4-13)30(20(26)31)17-10-12(21(23,24)25)2-7-16(17)22/h2-11,18,27H,1H3,(H2,26,31). The molecule has 0 spiro atoms. The van der Waals surface area contributed by atoms with Crippen LogP contribution in [0.1, 0.15) is 17.3 Å². The van der Waals surface area contributed by atoms with Crippen LogP contribution in [-0.2, 0) is 6.18 Å². The van der Waals surface area contributed by atoms with Crippen LogP contribution < -0.4 is 20.9 Å². The molecule has 3 aromatic rings. The Morgan fingerprint density at radius 1 is 1.19 bits per heavy atom. The van der Waals surface area contributed by atoms with Crippen LogP contribution in [0.15, 0.2) is 64.2 Å². The molecule has 0 saturated heterocycles. The average Bonchev–Trinajstić information content (AvgIpc) is 3.23. The monoisotopic (exact) mass is 447 g/mol. The van der Waals surface area contributed by atoms with Gasteiger partial charge in [-0.1, -0.05) is 0 Å². The lowest BCUT2D eigenvalue weighted by molar-refractivity contribution is -0.137. The van der Waals surface area contributed by atoms with Crippen LogP contribution in [0.5, 0.6) is 0 Å². The van der Waals surface area contributed by atoms with Crippen LogP contribution in [-0.4, -0.2) is 19.4 Å². The van der Waals surface area contributed by atoms with Crippen molar-refractivity contribution in [2.24, 2.45) is 10.7 Å². The Morgan fingerprint density at radius 3 is 2.53 bits per heavy atom. The number of nitrogens with two attached hydrogens (primary N) is 1. The molecule has 1 aliphatic heterocycles. The van der Waals surface area contributed by atoms with E-state index in [1.807, 2.05) is 0 Å². The quantitative estimate of drug-likeness (QED) is 0.548. The van der Waals surface area contributed by atoms with Gasteiger partial charge in [0.2, 0.25) is 5.88 Å². The van der Waals surface area contributed by atoms with E-state index < -0.39 is 29.3 Å². The fourth-order valence-electron chi connectivity index (χ4n) is 3.48. The zero-order valence-corrected chi connectivity index (χ0v) is 16.6. The number of primary amides is 1. The second-order valence-corrected chi connectivity index (χ2v) is 6.88. The number of urea groups is 1. The first-order valence-corrected chi connectivity index (χ1v) is 9.34. The lowest BCUT2D eigenvalue weighted by Gasteiger charge is -2.32. The molecule has 0 fully saturated rings. The molecule has 1 unspecified atom stereocenters. The number of aliphatic imine (C=N–C) groups is 1. The normalized spacial score (nSPS) is 15.5. The molecule has 3 N–H and O–H groups in total. The molecule has 0 bridgehead atoms. The van der Waals surface area contributed by atoms with Crippen LogP contribution in [0.25, 0.3) is 0 Å². The van der Waals surface area contributed by atoms with E-state index in [-0.39, 0.29) is 11.9 Å². The summed E-state index contributed by atoms with van der Waals surface area (Å²) in [5, 5.41) is 3.14. The van der Waals surface area contributed by atoms with E-state index in [9.17, 15) is 22.4 Å². The van der Waals surface area contributed by atoms with Crippen LogP contribution in [0.4, 0.5) is 45.3 Å². The third-order valence-corrected chi connectivity index (χ3v) is 4.96. The predicted molar refractivity (Wildman–Crippen MR) is 111 cm³/mol. The van der Waals surface area contributed by atoms with Crippen molar-refractivity contribution in [2.75, 3.05) is 16.8 Å². The van der Waals surface area contributed by atoms with Gasteiger partial charge in [0, 0.05) is 5.69 Å². The molecule has 2 aromatic carbocycles. The highest BCUT2D eigenvalue weighted by atomic mass is 19.4. The lowest BCUT2D eigenvalue weighted by atomic mass is 10.1.